The van der Waals surface area contributed by atoms with Crippen LogP contribution >= 0.6 is 0 Å². The predicted octanol–water partition coefficient (Wildman–Crippen LogP) is 17.1. The average molecular weight is 821 g/mol. The molecule has 0 aliphatic heterocycles. The molecule has 10 aromatic carbocycles. The molecule has 11 aromatic rings. The largest absolute Gasteiger partial charge is 0.455 e. The second kappa shape index (κ2) is 15.3. The molecule has 1 aromatic heterocycles. The van der Waals surface area contributed by atoms with Crippen molar-refractivity contribution in [3.63, 3.8) is 0 Å². The highest BCUT2D eigenvalue weighted by Crippen LogP contribution is 2.52. The molecule has 12 rings (SSSR count). The molecule has 0 atom stereocenters. The highest BCUT2D eigenvalue weighted by molar-refractivity contribution is 6.13. The Hall–Kier alpha value is -8.20. The molecule has 0 unspecified atom stereocenters. The van der Waals surface area contributed by atoms with Gasteiger partial charge in [0.1, 0.15) is 11.2 Å². The minimum Gasteiger partial charge on any atom is -0.455 e. The lowest BCUT2D eigenvalue weighted by Crippen LogP contribution is -2.22. The summed E-state index contributed by atoms with van der Waals surface area (Å²) in [5.41, 5.74) is 16.4. The fourth-order valence-electron chi connectivity index (χ4n) is 9.83. The van der Waals surface area contributed by atoms with Crippen molar-refractivity contribution in [2.75, 3.05) is 4.90 Å². The third-order valence-corrected chi connectivity index (χ3v) is 13.0. The van der Waals surface area contributed by atoms with Gasteiger partial charge in [-0.3, -0.25) is 0 Å². The van der Waals surface area contributed by atoms with E-state index in [4.69, 9.17) is 8.53 Å². The third kappa shape index (κ3) is 6.18. The van der Waals surface area contributed by atoms with Crippen molar-refractivity contribution >= 4 is 39.0 Å². The van der Waals surface area contributed by atoms with Gasteiger partial charge in [-0.25, -0.2) is 0 Å². The lowest BCUT2D eigenvalue weighted by atomic mass is 9.74. The fraction of sp³-hybridized carbons (Fsp3) is 0.0323. The molecular weight excluding hydrogens is 775 g/mol. The zero-order chi connectivity index (χ0) is 45.1. The summed E-state index contributed by atoms with van der Waals surface area (Å²) >= 11 is 0. The average Bonchev–Trinajstić information content (AvgIpc) is 3.92. The summed E-state index contributed by atoms with van der Waals surface area (Å²) in [4.78, 5) is 2.30. The molecule has 2 nitrogen and oxygen atoms in total. The summed E-state index contributed by atoms with van der Waals surface area (Å²) in [7, 11) is 0. The molecular formula is C62H43NO. The second-order valence-electron chi connectivity index (χ2n) is 16.6. The van der Waals surface area contributed by atoms with Crippen LogP contribution in [0.3, 0.4) is 0 Å². The van der Waals surface area contributed by atoms with E-state index in [0.29, 0.717) is 0 Å². The summed E-state index contributed by atoms with van der Waals surface area (Å²) in [5, 5.41) is 2.06. The van der Waals surface area contributed by atoms with E-state index in [1.807, 2.05) is 84.9 Å². The first-order valence-electron chi connectivity index (χ1n) is 23.3. The minimum atomic E-state index is -2.34. The number of benzene rings is 10. The van der Waals surface area contributed by atoms with Gasteiger partial charge >= 0.3 is 0 Å². The van der Waals surface area contributed by atoms with Gasteiger partial charge in [-0.1, -0.05) is 206 Å². The van der Waals surface area contributed by atoms with Crippen LogP contribution in [-0.4, -0.2) is 0 Å². The number of rotatable bonds is 8. The Labute approximate surface area is 378 Å². The van der Waals surface area contributed by atoms with Crippen molar-refractivity contribution < 1.29 is 8.53 Å². The van der Waals surface area contributed by atoms with Gasteiger partial charge in [-0.15, -0.1) is 0 Å². The smallest absolute Gasteiger partial charge is 0.143 e. The number of fused-ring (bicyclic) bond motifs is 6. The Balaban J connectivity index is 0.909. The van der Waals surface area contributed by atoms with Crippen molar-refractivity contribution in [3.8, 4) is 55.6 Å². The van der Waals surface area contributed by atoms with Gasteiger partial charge in [0, 0.05) is 48.5 Å². The molecule has 0 spiro atoms. The Bertz CT molecular complexity index is 3450. The van der Waals surface area contributed by atoms with Gasteiger partial charge in [0.2, 0.25) is 0 Å². The third-order valence-electron chi connectivity index (χ3n) is 13.0. The number of hydrogen-bond donors (Lipinski definition) is 0. The number of hydrogen-bond acceptors (Lipinski definition) is 2. The fourth-order valence-corrected chi connectivity index (χ4v) is 9.83. The van der Waals surface area contributed by atoms with Crippen LogP contribution in [-0.2, 0) is 5.41 Å². The molecule has 302 valence electrons. The summed E-state index contributed by atoms with van der Waals surface area (Å²) in [6.07, 6.45) is 0. The number of nitrogens with zero attached hydrogens (tertiary/aromatic N) is 1. The number of furan rings is 1. The normalized spacial score (nSPS) is 13.5. The molecule has 64 heavy (non-hydrogen) atoms. The standard InChI is InChI=1S/C62H43NO/c1-62(58-24-10-8-18-54(58)55-19-9-11-25-59(55)62)48-34-26-46(27-35-48)52-20-12-22-56-57-23-13-21-53(61(57)64-60(52)56)47-32-40-51(41-33-47)63(49-36-28-44(29-37-49)42-14-4-2-5-15-42)50-38-30-45(31-39-50)43-16-6-3-7-17-43/h2-41H,1H3/i1D3. The molecule has 1 aliphatic carbocycles. The molecule has 0 radical (unpaired) electrons. The van der Waals surface area contributed by atoms with Crippen LogP contribution in [0, 0.1) is 0 Å². The highest BCUT2D eigenvalue weighted by atomic mass is 16.3. The minimum absolute atomic E-state index is 0.739. The van der Waals surface area contributed by atoms with Crippen LogP contribution in [0.5, 0.6) is 0 Å². The maximum absolute atomic E-state index is 9.05. The van der Waals surface area contributed by atoms with Gasteiger partial charge in [0.25, 0.3) is 0 Å². The summed E-state index contributed by atoms with van der Waals surface area (Å²) in [6, 6.07) is 83.8. The first-order chi connectivity index (χ1) is 32.9. The Morgan fingerprint density at radius 1 is 0.328 bits per heavy atom. The Morgan fingerprint density at radius 2 is 0.688 bits per heavy atom. The van der Waals surface area contributed by atoms with Gasteiger partial charge in [0.15, 0.2) is 0 Å². The lowest BCUT2D eigenvalue weighted by Gasteiger charge is -2.28. The van der Waals surface area contributed by atoms with Crippen LogP contribution in [0.25, 0.3) is 77.6 Å². The maximum Gasteiger partial charge on any atom is 0.143 e. The van der Waals surface area contributed by atoms with E-state index in [9.17, 15) is 0 Å². The zero-order valence-electron chi connectivity index (χ0n) is 37.9. The van der Waals surface area contributed by atoms with Crippen molar-refractivity contribution in [1.82, 2.24) is 0 Å². The van der Waals surface area contributed by atoms with Crippen LogP contribution < -0.4 is 4.90 Å². The quantitative estimate of drug-likeness (QED) is 0.152. The van der Waals surface area contributed by atoms with Gasteiger partial charge < -0.3 is 9.32 Å². The van der Waals surface area contributed by atoms with Crippen molar-refractivity contribution in [3.05, 3.63) is 259 Å². The molecule has 0 saturated heterocycles. The Kier molecular flexibility index (Phi) is 8.23. The van der Waals surface area contributed by atoms with E-state index in [-0.39, 0.29) is 0 Å². The number of para-hydroxylation sites is 2. The molecule has 2 heteroatoms. The van der Waals surface area contributed by atoms with Crippen molar-refractivity contribution in [1.29, 1.82) is 0 Å². The molecule has 0 amide bonds. The Morgan fingerprint density at radius 3 is 1.12 bits per heavy atom. The molecule has 0 bridgehead atoms. The first kappa shape index (κ1) is 34.4. The topological polar surface area (TPSA) is 16.4 Å². The second-order valence-corrected chi connectivity index (χ2v) is 16.6. The van der Waals surface area contributed by atoms with E-state index in [1.54, 1.807) is 0 Å². The zero-order valence-corrected chi connectivity index (χ0v) is 34.9. The predicted molar refractivity (Wildman–Crippen MR) is 268 cm³/mol. The van der Waals surface area contributed by atoms with E-state index in [0.717, 1.165) is 89.1 Å². The molecule has 0 N–H and O–H groups in total. The summed E-state index contributed by atoms with van der Waals surface area (Å²) < 4.78 is 34.1. The maximum atomic E-state index is 9.05. The SMILES string of the molecule is [2H]C([2H])([2H])C1(c2ccc(-c3cccc4c3oc3c(-c5ccc(N(c6ccc(-c7ccccc7)cc6)c6ccc(-c7ccccc7)cc6)cc5)cccc34)cc2)c2ccccc2-c2ccccc21. The summed E-state index contributed by atoms with van der Waals surface area (Å²) in [5.74, 6) is 0. The van der Waals surface area contributed by atoms with Gasteiger partial charge in [-0.05, 0) is 104 Å². The number of anilines is 3. The highest BCUT2D eigenvalue weighted by Gasteiger charge is 2.40. The van der Waals surface area contributed by atoms with Crippen molar-refractivity contribution in [2.24, 2.45) is 0 Å². The van der Waals surface area contributed by atoms with E-state index < -0.39 is 12.3 Å². The van der Waals surface area contributed by atoms with Gasteiger partial charge in [0.05, 0.1) is 0 Å². The first-order valence-corrected chi connectivity index (χ1v) is 21.8. The molecule has 1 aliphatic rings. The summed E-state index contributed by atoms with van der Waals surface area (Å²) in [6.45, 7) is -2.34. The van der Waals surface area contributed by atoms with E-state index in [2.05, 4.69) is 163 Å². The van der Waals surface area contributed by atoms with Crippen LogP contribution in [0.2, 0.25) is 0 Å². The van der Waals surface area contributed by atoms with Crippen LogP contribution in [0.15, 0.2) is 247 Å². The van der Waals surface area contributed by atoms with E-state index in [1.165, 1.54) is 22.3 Å². The van der Waals surface area contributed by atoms with Crippen molar-refractivity contribution in [2.45, 2.75) is 12.3 Å². The molecule has 1 heterocycles. The monoisotopic (exact) mass is 820 g/mol. The van der Waals surface area contributed by atoms with Crippen LogP contribution in [0.1, 0.15) is 27.7 Å². The van der Waals surface area contributed by atoms with Crippen LogP contribution in [0.4, 0.5) is 17.1 Å². The van der Waals surface area contributed by atoms with E-state index >= 15 is 0 Å². The molecule has 0 fully saturated rings. The van der Waals surface area contributed by atoms with Gasteiger partial charge in [-0.2, -0.15) is 0 Å². The lowest BCUT2D eigenvalue weighted by molar-refractivity contribution is 0.671. The molecule has 0 saturated carbocycles.